The highest BCUT2D eigenvalue weighted by Crippen LogP contribution is 2.29. The van der Waals surface area contributed by atoms with Crippen LogP contribution in [0.25, 0.3) is 10.9 Å². The molecule has 1 atom stereocenters. The number of rotatable bonds is 4. The number of nitrogens with one attached hydrogen (secondary N) is 1. The monoisotopic (exact) mass is 246 g/mol. The van der Waals surface area contributed by atoms with Gasteiger partial charge in [-0.05, 0) is 30.7 Å². The van der Waals surface area contributed by atoms with Crippen molar-refractivity contribution in [3.8, 4) is 5.75 Å². The first-order valence-corrected chi connectivity index (χ1v) is 5.81. The maximum atomic E-state index is 11.2. The average molecular weight is 246 g/mol. The van der Waals surface area contributed by atoms with Crippen LogP contribution in [0.4, 0.5) is 0 Å². The molecule has 0 bridgehead atoms. The van der Waals surface area contributed by atoms with E-state index in [-0.39, 0.29) is 6.10 Å². The van der Waals surface area contributed by atoms with Crippen LogP contribution in [0.1, 0.15) is 16.1 Å². The molecule has 0 saturated carbocycles. The summed E-state index contributed by atoms with van der Waals surface area (Å²) in [6.45, 7) is 3.27. The van der Waals surface area contributed by atoms with Gasteiger partial charge in [-0.15, -0.1) is 0 Å². The molecule has 1 saturated heterocycles. The van der Waals surface area contributed by atoms with E-state index < -0.39 is 5.91 Å². The summed E-state index contributed by atoms with van der Waals surface area (Å²) < 4.78 is 10.8. The van der Waals surface area contributed by atoms with E-state index in [9.17, 15) is 4.79 Å². The largest absolute Gasteiger partial charge is 0.490 e. The Morgan fingerprint density at radius 1 is 1.56 bits per heavy atom. The van der Waals surface area contributed by atoms with Gasteiger partial charge in [0, 0.05) is 10.9 Å². The molecule has 3 rings (SSSR count). The summed E-state index contributed by atoms with van der Waals surface area (Å²) in [6, 6.07) is 5.63. The van der Waals surface area contributed by atoms with Crippen molar-refractivity contribution in [2.75, 3.05) is 13.2 Å². The summed E-state index contributed by atoms with van der Waals surface area (Å²) in [7, 11) is 0. The third kappa shape index (κ3) is 2.04. The molecule has 1 amide bonds. The molecule has 1 aliphatic rings. The van der Waals surface area contributed by atoms with Gasteiger partial charge in [-0.1, -0.05) is 0 Å². The fraction of sp³-hybridized carbons (Fsp3) is 0.308. The third-order valence-corrected chi connectivity index (χ3v) is 2.94. The molecule has 1 fully saturated rings. The van der Waals surface area contributed by atoms with Crippen molar-refractivity contribution < 1.29 is 14.3 Å². The zero-order chi connectivity index (χ0) is 12.7. The minimum Gasteiger partial charge on any atom is -0.490 e. The van der Waals surface area contributed by atoms with Gasteiger partial charge in [-0.3, -0.25) is 4.79 Å². The first kappa shape index (κ1) is 11.1. The van der Waals surface area contributed by atoms with Crippen LogP contribution < -0.4 is 10.5 Å². The molecule has 94 valence electrons. The van der Waals surface area contributed by atoms with Gasteiger partial charge < -0.3 is 20.2 Å². The molecule has 0 spiro atoms. The first-order valence-electron chi connectivity index (χ1n) is 5.81. The SMILES string of the molecule is Cc1cc(OCC2CO2)c2cc(C(N)=O)[nH]c2c1. The predicted octanol–water partition coefficient (Wildman–Crippen LogP) is 1.35. The highest BCUT2D eigenvalue weighted by molar-refractivity contribution is 5.99. The lowest BCUT2D eigenvalue weighted by Gasteiger charge is -2.06. The number of aromatic nitrogens is 1. The number of ether oxygens (including phenoxy) is 2. The van der Waals surface area contributed by atoms with E-state index >= 15 is 0 Å². The van der Waals surface area contributed by atoms with E-state index in [0.29, 0.717) is 12.3 Å². The normalized spacial score (nSPS) is 17.9. The van der Waals surface area contributed by atoms with Crippen LogP contribution in [0, 0.1) is 6.92 Å². The summed E-state index contributed by atoms with van der Waals surface area (Å²) in [6.07, 6.45) is 0.204. The van der Waals surface area contributed by atoms with Crippen LogP contribution in [-0.4, -0.2) is 30.2 Å². The van der Waals surface area contributed by atoms with Gasteiger partial charge in [0.2, 0.25) is 0 Å². The Balaban J connectivity index is 2.01. The number of benzene rings is 1. The molecule has 3 N–H and O–H groups in total. The number of H-pyrrole nitrogens is 1. The number of fused-ring (bicyclic) bond motifs is 1. The van der Waals surface area contributed by atoms with Crippen molar-refractivity contribution in [3.63, 3.8) is 0 Å². The molecule has 0 aliphatic carbocycles. The molecule has 2 heterocycles. The Morgan fingerprint density at radius 2 is 2.33 bits per heavy atom. The smallest absolute Gasteiger partial charge is 0.265 e. The molecular formula is C13H14N2O3. The number of primary amides is 1. The molecule has 1 unspecified atom stereocenters. The van der Waals surface area contributed by atoms with Gasteiger partial charge in [0.05, 0.1) is 6.61 Å². The number of carbonyl (C=O) groups excluding carboxylic acids is 1. The molecule has 1 aliphatic heterocycles. The van der Waals surface area contributed by atoms with E-state index in [1.54, 1.807) is 6.07 Å². The topological polar surface area (TPSA) is 80.6 Å². The standard InChI is InChI=1S/C13H14N2O3/c1-7-2-10-9(4-11(15-10)13(14)16)12(3-7)18-6-8-5-17-8/h2-4,8,15H,5-6H2,1H3,(H2,14,16). The lowest BCUT2D eigenvalue weighted by molar-refractivity contribution is 0.0996. The molecule has 2 aromatic rings. The minimum absolute atomic E-state index is 0.204. The van der Waals surface area contributed by atoms with Gasteiger partial charge in [0.1, 0.15) is 24.2 Å². The van der Waals surface area contributed by atoms with Crippen molar-refractivity contribution in [2.24, 2.45) is 5.73 Å². The average Bonchev–Trinajstić information content (AvgIpc) is 3.03. The van der Waals surface area contributed by atoms with Crippen LogP contribution in [0.15, 0.2) is 18.2 Å². The lowest BCUT2D eigenvalue weighted by atomic mass is 10.1. The molecule has 5 nitrogen and oxygen atoms in total. The molecule has 0 radical (unpaired) electrons. The fourth-order valence-corrected chi connectivity index (χ4v) is 1.94. The Kier molecular flexibility index (Phi) is 2.48. The zero-order valence-electron chi connectivity index (χ0n) is 10.0. The number of epoxide rings is 1. The van der Waals surface area contributed by atoms with Crippen LogP contribution in [0.3, 0.4) is 0 Å². The van der Waals surface area contributed by atoms with Crippen LogP contribution in [0.5, 0.6) is 5.75 Å². The number of amides is 1. The lowest BCUT2D eigenvalue weighted by Crippen LogP contribution is -2.10. The highest BCUT2D eigenvalue weighted by atomic mass is 16.6. The Hall–Kier alpha value is -2.01. The second kappa shape index (κ2) is 4.03. The van der Waals surface area contributed by atoms with Crippen molar-refractivity contribution in [2.45, 2.75) is 13.0 Å². The maximum Gasteiger partial charge on any atom is 0.265 e. The minimum atomic E-state index is -0.472. The Labute approximate surface area is 104 Å². The van der Waals surface area contributed by atoms with Gasteiger partial charge in [0.15, 0.2) is 0 Å². The number of nitrogens with two attached hydrogens (primary N) is 1. The summed E-state index contributed by atoms with van der Waals surface area (Å²) >= 11 is 0. The second-order valence-corrected chi connectivity index (χ2v) is 4.54. The van der Waals surface area contributed by atoms with E-state index in [0.717, 1.165) is 28.8 Å². The number of aromatic amines is 1. The van der Waals surface area contributed by atoms with E-state index in [4.69, 9.17) is 15.2 Å². The van der Waals surface area contributed by atoms with Crippen molar-refractivity contribution in [3.05, 3.63) is 29.5 Å². The number of aryl methyl sites for hydroxylation is 1. The van der Waals surface area contributed by atoms with Crippen LogP contribution >= 0.6 is 0 Å². The number of carbonyl (C=O) groups is 1. The summed E-state index contributed by atoms with van der Waals surface area (Å²) in [4.78, 5) is 14.2. The number of hydrogen-bond acceptors (Lipinski definition) is 3. The maximum absolute atomic E-state index is 11.2. The van der Waals surface area contributed by atoms with Gasteiger partial charge in [-0.25, -0.2) is 0 Å². The van der Waals surface area contributed by atoms with Gasteiger partial charge in [-0.2, -0.15) is 0 Å². The predicted molar refractivity (Wildman–Crippen MR) is 66.8 cm³/mol. The van der Waals surface area contributed by atoms with Crippen molar-refractivity contribution >= 4 is 16.8 Å². The third-order valence-electron chi connectivity index (χ3n) is 2.94. The molecule has 1 aromatic carbocycles. The van der Waals surface area contributed by atoms with Crippen molar-refractivity contribution in [1.29, 1.82) is 0 Å². The number of hydrogen-bond donors (Lipinski definition) is 2. The highest BCUT2D eigenvalue weighted by Gasteiger charge is 2.23. The molecule has 1 aromatic heterocycles. The van der Waals surface area contributed by atoms with E-state index in [2.05, 4.69) is 4.98 Å². The van der Waals surface area contributed by atoms with Gasteiger partial charge >= 0.3 is 0 Å². The molecule has 5 heteroatoms. The first-order chi connectivity index (χ1) is 8.63. The van der Waals surface area contributed by atoms with E-state index in [1.807, 2.05) is 19.1 Å². The Morgan fingerprint density at radius 3 is 3.00 bits per heavy atom. The molecule has 18 heavy (non-hydrogen) atoms. The zero-order valence-corrected chi connectivity index (χ0v) is 10.0. The van der Waals surface area contributed by atoms with Crippen LogP contribution in [0.2, 0.25) is 0 Å². The summed E-state index contributed by atoms with van der Waals surface area (Å²) in [5.74, 6) is 0.282. The summed E-state index contributed by atoms with van der Waals surface area (Å²) in [5, 5.41) is 0.870. The van der Waals surface area contributed by atoms with Gasteiger partial charge in [0.25, 0.3) is 5.91 Å². The quantitative estimate of drug-likeness (QED) is 0.799. The van der Waals surface area contributed by atoms with E-state index in [1.165, 1.54) is 0 Å². The van der Waals surface area contributed by atoms with Crippen molar-refractivity contribution in [1.82, 2.24) is 4.98 Å². The Bertz CT molecular complexity index is 614. The van der Waals surface area contributed by atoms with Crippen LogP contribution in [-0.2, 0) is 4.74 Å². The fourth-order valence-electron chi connectivity index (χ4n) is 1.94. The second-order valence-electron chi connectivity index (χ2n) is 4.54. The summed E-state index contributed by atoms with van der Waals surface area (Å²) in [5.41, 5.74) is 7.58. The molecular weight excluding hydrogens is 232 g/mol.